The predicted molar refractivity (Wildman–Crippen MR) is 62.9 cm³/mol. The molecule has 0 aromatic heterocycles. The van der Waals surface area contributed by atoms with Gasteiger partial charge < -0.3 is 14.2 Å². The molecule has 18 heavy (non-hydrogen) atoms. The van der Waals surface area contributed by atoms with E-state index in [0.717, 1.165) is 19.3 Å². The van der Waals surface area contributed by atoms with Gasteiger partial charge >= 0.3 is 12.1 Å². The fourth-order valence-electron chi connectivity index (χ4n) is 2.27. The topological polar surface area (TPSA) is 61.8 Å². The van der Waals surface area contributed by atoms with Crippen LogP contribution in [0.2, 0.25) is 0 Å². The second-order valence-electron chi connectivity index (χ2n) is 5.66. The van der Waals surface area contributed by atoms with Crippen molar-refractivity contribution in [3.63, 3.8) is 0 Å². The third-order valence-corrected chi connectivity index (χ3v) is 4.00. The second-order valence-corrected chi connectivity index (χ2v) is 5.66. The quantitative estimate of drug-likeness (QED) is 0.722. The van der Waals surface area contributed by atoms with Crippen molar-refractivity contribution in [1.29, 1.82) is 0 Å². The molecule has 3 atom stereocenters. The molecule has 5 nitrogen and oxygen atoms in total. The van der Waals surface area contributed by atoms with Crippen LogP contribution >= 0.6 is 0 Å². The van der Waals surface area contributed by atoms with Crippen LogP contribution in [0.3, 0.4) is 0 Å². The molecule has 1 aliphatic carbocycles. The van der Waals surface area contributed by atoms with E-state index in [-0.39, 0.29) is 24.1 Å². The molecule has 0 bridgehead atoms. The van der Waals surface area contributed by atoms with E-state index < -0.39 is 11.6 Å². The molecule has 5 heteroatoms. The smallest absolute Gasteiger partial charge is 0.465 e. The molecule has 1 aliphatic heterocycles. The Morgan fingerprint density at radius 1 is 1.39 bits per heavy atom. The van der Waals surface area contributed by atoms with Crippen LogP contribution < -0.4 is 0 Å². The zero-order valence-electron chi connectivity index (χ0n) is 11.1. The van der Waals surface area contributed by atoms with E-state index in [1.807, 2.05) is 20.8 Å². The Morgan fingerprint density at radius 2 is 2.11 bits per heavy atom. The van der Waals surface area contributed by atoms with E-state index in [1.54, 1.807) is 0 Å². The molecule has 1 heterocycles. The Morgan fingerprint density at radius 3 is 2.78 bits per heavy atom. The highest BCUT2D eigenvalue weighted by Crippen LogP contribution is 2.36. The summed E-state index contributed by atoms with van der Waals surface area (Å²) in [4.78, 5) is 22.8. The lowest BCUT2D eigenvalue weighted by Gasteiger charge is -2.22. The first-order valence-electron chi connectivity index (χ1n) is 6.48. The van der Waals surface area contributed by atoms with Crippen molar-refractivity contribution in [1.82, 2.24) is 0 Å². The number of hydrogen-bond donors (Lipinski definition) is 0. The van der Waals surface area contributed by atoms with E-state index in [0.29, 0.717) is 6.61 Å². The Balaban J connectivity index is 1.84. The first-order valence-corrected chi connectivity index (χ1v) is 6.48. The summed E-state index contributed by atoms with van der Waals surface area (Å²) < 4.78 is 15.4. The fourth-order valence-corrected chi connectivity index (χ4v) is 2.27. The molecule has 2 rings (SSSR count). The second kappa shape index (κ2) is 4.78. The maximum atomic E-state index is 11.8. The highest BCUT2D eigenvalue weighted by atomic mass is 16.8. The highest BCUT2D eigenvalue weighted by molar-refractivity contribution is 5.75. The predicted octanol–water partition coefficient (Wildman–Crippen LogP) is 2.28. The summed E-state index contributed by atoms with van der Waals surface area (Å²) in [6, 6.07) is 0. The van der Waals surface area contributed by atoms with Crippen molar-refractivity contribution < 1.29 is 23.8 Å². The first-order chi connectivity index (χ1) is 8.44. The van der Waals surface area contributed by atoms with E-state index in [9.17, 15) is 9.59 Å². The lowest BCUT2D eigenvalue weighted by Crippen LogP contribution is -2.31. The number of fused-ring (bicyclic) bond motifs is 1. The molecule has 3 unspecified atom stereocenters. The van der Waals surface area contributed by atoms with Crippen molar-refractivity contribution in [3.8, 4) is 0 Å². The summed E-state index contributed by atoms with van der Waals surface area (Å²) in [5, 5.41) is 0. The van der Waals surface area contributed by atoms with Crippen LogP contribution in [-0.2, 0) is 19.0 Å². The maximum Gasteiger partial charge on any atom is 0.509 e. The number of rotatable bonds is 4. The van der Waals surface area contributed by atoms with Gasteiger partial charge in [-0.05, 0) is 33.1 Å². The van der Waals surface area contributed by atoms with Gasteiger partial charge in [0.2, 0.25) is 0 Å². The first kappa shape index (κ1) is 13.2. The number of carbonyl (C=O) groups excluding carboxylic acids is 2. The molecule has 0 radical (unpaired) electrons. The monoisotopic (exact) mass is 256 g/mol. The summed E-state index contributed by atoms with van der Waals surface area (Å²) in [5.41, 5.74) is -0.457. The van der Waals surface area contributed by atoms with E-state index >= 15 is 0 Å². The van der Waals surface area contributed by atoms with Crippen molar-refractivity contribution in [3.05, 3.63) is 0 Å². The number of ether oxygens (including phenoxy) is 3. The Kier molecular flexibility index (Phi) is 3.50. The van der Waals surface area contributed by atoms with Crippen LogP contribution in [0.25, 0.3) is 0 Å². The van der Waals surface area contributed by atoms with Gasteiger partial charge in [0.15, 0.2) is 0 Å². The molecule has 2 fully saturated rings. The third kappa shape index (κ3) is 2.44. The van der Waals surface area contributed by atoms with Crippen molar-refractivity contribution in [2.75, 3.05) is 6.61 Å². The molecular formula is C13H20O5. The van der Waals surface area contributed by atoms with Gasteiger partial charge in [0.1, 0.15) is 12.2 Å². The molecule has 2 aliphatic rings. The average molecular weight is 256 g/mol. The molecule has 1 saturated heterocycles. The summed E-state index contributed by atoms with van der Waals surface area (Å²) >= 11 is 0. The zero-order valence-corrected chi connectivity index (χ0v) is 11.1. The Labute approximate surface area is 107 Å². The number of carbonyl (C=O) groups is 2. The van der Waals surface area contributed by atoms with Gasteiger partial charge in [-0.3, -0.25) is 4.79 Å². The number of esters is 1. The highest BCUT2D eigenvalue weighted by Gasteiger charge is 2.47. The Bertz CT molecular complexity index is 349. The van der Waals surface area contributed by atoms with Gasteiger partial charge in [-0.25, -0.2) is 4.79 Å². The molecule has 1 saturated carbocycles. The molecule has 0 N–H and O–H groups in total. The van der Waals surface area contributed by atoms with Gasteiger partial charge in [-0.15, -0.1) is 0 Å². The van der Waals surface area contributed by atoms with Gasteiger partial charge in [0, 0.05) is 5.92 Å². The lowest BCUT2D eigenvalue weighted by atomic mass is 9.90. The van der Waals surface area contributed by atoms with E-state index in [4.69, 9.17) is 14.2 Å². The molecular weight excluding hydrogens is 236 g/mol. The molecule has 0 aromatic carbocycles. The minimum Gasteiger partial charge on any atom is -0.465 e. The standard InChI is InChI=1S/C13H20O5/c1-4-13(2,3)11(14)16-7-8-5-6-9-10(8)18-12(15)17-9/h8-10H,4-7H2,1-3H3. The lowest BCUT2D eigenvalue weighted by molar-refractivity contribution is -0.156. The van der Waals surface area contributed by atoms with Gasteiger partial charge in [-0.2, -0.15) is 0 Å². The molecule has 0 amide bonds. The van der Waals surface area contributed by atoms with Crippen LogP contribution in [0.5, 0.6) is 0 Å². The van der Waals surface area contributed by atoms with Crippen molar-refractivity contribution in [2.24, 2.45) is 11.3 Å². The molecule has 102 valence electrons. The number of hydrogen-bond acceptors (Lipinski definition) is 5. The molecule has 0 aromatic rings. The normalized spacial score (nSPS) is 30.6. The Hall–Kier alpha value is -1.26. The summed E-state index contributed by atoms with van der Waals surface area (Å²) in [6.45, 7) is 6.00. The van der Waals surface area contributed by atoms with Crippen LogP contribution in [0.15, 0.2) is 0 Å². The third-order valence-electron chi connectivity index (χ3n) is 4.00. The average Bonchev–Trinajstić information content (AvgIpc) is 2.85. The zero-order chi connectivity index (χ0) is 13.3. The van der Waals surface area contributed by atoms with Gasteiger partial charge in [0.25, 0.3) is 0 Å². The minimum atomic E-state index is -0.602. The summed E-state index contributed by atoms with van der Waals surface area (Å²) in [6.07, 6.45) is 1.39. The van der Waals surface area contributed by atoms with Crippen molar-refractivity contribution >= 4 is 12.1 Å². The maximum absolute atomic E-state index is 11.8. The van der Waals surface area contributed by atoms with Crippen LogP contribution in [0, 0.1) is 11.3 Å². The van der Waals surface area contributed by atoms with Crippen LogP contribution in [0.4, 0.5) is 4.79 Å². The van der Waals surface area contributed by atoms with E-state index in [1.165, 1.54) is 0 Å². The van der Waals surface area contributed by atoms with Gasteiger partial charge in [-0.1, -0.05) is 6.92 Å². The van der Waals surface area contributed by atoms with E-state index in [2.05, 4.69) is 0 Å². The van der Waals surface area contributed by atoms with Crippen molar-refractivity contribution in [2.45, 2.75) is 52.2 Å². The fraction of sp³-hybridized carbons (Fsp3) is 0.846. The minimum absolute atomic E-state index is 0.0676. The van der Waals surface area contributed by atoms with Gasteiger partial charge in [0.05, 0.1) is 12.0 Å². The SMILES string of the molecule is CCC(C)(C)C(=O)OCC1CCC2OC(=O)OC12. The van der Waals surface area contributed by atoms with Crippen LogP contribution in [-0.4, -0.2) is 30.9 Å². The summed E-state index contributed by atoms with van der Waals surface area (Å²) in [7, 11) is 0. The molecule has 0 spiro atoms. The largest absolute Gasteiger partial charge is 0.509 e. The summed E-state index contributed by atoms with van der Waals surface area (Å²) in [5.74, 6) is -0.128. The van der Waals surface area contributed by atoms with Crippen LogP contribution in [0.1, 0.15) is 40.0 Å².